The molecule has 0 spiro atoms. The third-order valence-electron chi connectivity index (χ3n) is 5.38. The number of rotatable bonds is 7. The molecule has 1 saturated heterocycles. The number of unbranched alkanes of at least 4 members (excludes halogenated alkanes) is 1. The van der Waals surface area contributed by atoms with E-state index in [4.69, 9.17) is 4.74 Å². The summed E-state index contributed by atoms with van der Waals surface area (Å²) in [5.41, 5.74) is 2.76. The summed E-state index contributed by atoms with van der Waals surface area (Å²) in [6.07, 6.45) is 2.15. The molecule has 0 saturated carbocycles. The number of nitrogens with zero attached hydrogens (tertiary/aromatic N) is 1. The van der Waals surface area contributed by atoms with E-state index in [1.807, 2.05) is 60.4 Å². The maximum atomic E-state index is 13.1. The highest BCUT2D eigenvalue weighted by molar-refractivity contribution is 5.98. The number of likely N-dealkylation sites (tertiary alicyclic amines) is 1. The van der Waals surface area contributed by atoms with Crippen molar-refractivity contribution in [2.24, 2.45) is 5.92 Å². The predicted molar refractivity (Wildman–Crippen MR) is 110 cm³/mol. The standard InChI is InChI=1S/C23H28N2O3/c1-4-5-14-25-21(26)15-19(22(25)17-10-12-18(28-3)13-11-17)23(27)24-20-9-7-6-8-16(20)2/h6-13,19,22H,4-5,14-15H2,1-3H3,(H,24,27). The van der Waals surface area contributed by atoms with Crippen molar-refractivity contribution in [3.63, 3.8) is 0 Å². The summed E-state index contributed by atoms with van der Waals surface area (Å²) in [7, 11) is 1.63. The van der Waals surface area contributed by atoms with Crippen LogP contribution in [0.15, 0.2) is 48.5 Å². The highest BCUT2D eigenvalue weighted by Gasteiger charge is 2.44. The molecule has 2 unspecified atom stereocenters. The molecular formula is C23H28N2O3. The predicted octanol–water partition coefficient (Wildman–Crippen LogP) is 4.33. The van der Waals surface area contributed by atoms with Crippen LogP contribution in [0.3, 0.4) is 0 Å². The molecule has 1 N–H and O–H groups in total. The number of aryl methyl sites for hydroxylation is 1. The number of para-hydroxylation sites is 1. The first kappa shape index (κ1) is 19.9. The van der Waals surface area contributed by atoms with Crippen LogP contribution >= 0.6 is 0 Å². The van der Waals surface area contributed by atoms with Gasteiger partial charge in [-0.2, -0.15) is 0 Å². The fourth-order valence-corrected chi connectivity index (χ4v) is 3.77. The molecule has 2 atom stereocenters. The van der Waals surface area contributed by atoms with Crippen molar-refractivity contribution in [1.82, 2.24) is 4.90 Å². The number of ether oxygens (including phenoxy) is 1. The molecule has 28 heavy (non-hydrogen) atoms. The molecule has 2 aromatic carbocycles. The second-order valence-electron chi connectivity index (χ2n) is 7.27. The quantitative estimate of drug-likeness (QED) is 0.778. The van der Waals surface area contributed by atoms with E-state index in [2.05, 4.69) is 12.2 Å². The second-order valence-corrected chi connectivity index (χ2v) is 7.27. The van der Waals surface area contributed by atoms with Crippen LogP contribution < -0.4 is 10.1 Å². The van der Waals surface area contributed by atoms with Gasteiger partial charge < -0.3 is 15.0 Å². The summed E-state index contributed by atoms with van der Waals surface area (Å²) < 4.78 is 5.25. The van der Waals surface area contributed by atoms with Gasteiger partial charge in [-0.25, -0.2) is 0 Å². The highest BCUT2D eigenvalue weighted by atomic mass is 16.5. The summed E-state index contributed by atoms with van der Waals surface area (Å²) in [6, 6.07) is 15.1. The lowest BCUT2D eigenvalue weighted by molar-refractivity contribution is -0.129. The number of hydrogen-bond donors (Lipinski definition) is 1. The van der Waals surface area contributed by atoms with E-state index in [-0.39, 0.29) is 24.3 Å². The van der Waals surface area contributed by atoms with Crippen LogP contribution in [0, 0.1) is 12.8 Å². The number of anilines is 1. The number of carbonyl (C=O) groups is 2. The van der Waals surface area contributed by atoms with E-state index >= 15 is 0 Å². The zero-order valence-electron chi connectivity index (χ0n) is 16.8. The Kier molecular flexibility index (Phi) is 6.34. The van der Waals surface area contributed by atoms with Gasteiger partial charge in [-0.3, -0.25) is 9.59 Å². The first-order valence-electron chi connectivity index (χ1n) is 9.85. The van der Waals surface area contributed by atoms with E-state index in [1.165, 1.54) is 0 Å². The topological polar surface area (TPSA) is 58.6 Å². The minimum Gasteiger partial charge on any atom is -0.497 e. The number of hydrogen-bond acceptors (Lipinski definition) is 3. The first-order chi connectivity index (χ1) is 13.5. The minimum atomic E-state index is -0.419. The Labute approximate surface area is 166 Å². The lowest BCUT2D eigenvalue weighted by atomic mass is 9.92. The van der Waals surface area contributed by atoms with E-state index in [1.54, 1.807) is 7.11 Å². The van der Waals surface area contributed by atoms with Crippen LogP contribution in [0.4, 0.5) is 5.69 Å². The molecule has 3 rings (SSSR count). The number of amides is 2. The maximum Gasteiger partial charge on any atom is 0.230 e. The molecule has 1 aliphatic rings. The van der Waals surface area contributed by atoms with Crippen LogP contribution in [0.2, 0.25) is 0 Å². The normalized spacial score (nSPS) is 19.0. The molecule has 1 aliphatic heterocycles. The van der Waals surface area contributed by atoms with Gasteiger partial charge in [0, 0.05) is 18.7 Å². The summed E-state index contributed by atoms with van der Waals surface area (Å²) in [5.74, 6) is 0.271. The zero-order valence-corrected chi connectivity index (χ0v) is 16.8. The van der Waals surface area contributed by atoms with Crippen LogP contribution in [0.1, 0.15) is 43.4 Å². The molecule has 0 aromatic heterocycles. The van der Waals surface area contributed by atoms with Crippen molar-refractivity contribution in [3.05, 3.63) is 59.7 Å². The molecule has 0 bridgehead atoms. The lowest BCUT2D eigenvalue weighted by Gasteiger charge is -2.28. The van der Waals surface area contributed by atoms with Gasteiger partial charge in [0.25, 0.3) is 0 Å². The Morgan fingerprint density at radius 2 is 1.89 bits per heavy atom. The van der Waals surface area contributed by atoms with Crippen LogP contribution in [-0.4, -0.2) is 30.4 Å². The Bertz CT molecular complexity index is 832. The van der Waals surface area contributed by atoms with Gasteiger partial charge in [0.15, 0.2) is 0 Å². The van der Waals surface area contributed by atoms with Crippen molar-refractivity contribution in [2.45, 2.75) is 39.2 Å². The average Bonchev–Trinajstić information content (AvgIpc) is 3.04. The molecule has 2 amide bonds. The molecule has 0 radical (unpaired) electrons. The fraction of sp³-hybridized carbons (Fsp3) is 0.391. The molecule has 0 aliphatic carbocycles. The highest BCUT2D eigenvalue weighted by Crippen LogP contribution is 2.39. The van der Waals surface area contributed by atoms with Gasteiger partial charge >= 0.3 is 0 Å². The van der Waals surface area contributed by atoms with Gasteiger partial charge in [0.05, 0.1) is 19.1 Å². The van der Waals surface area contributed by atoms with Gasteiger partial charge in [0.2, 0.25) is 11.8 Å². The summed E-state index contributed by atoms with van der Waals surface area (Å²) in [5, 5.41) is 3.03. The Hall–Kier alpha value is -2.82. The molecule has 2 aromatic rings. The second kappa shape index (κ2) is 8.91. The van der Waals surface area contributed by atoms with Gasteiger partial charge in [-0.05, 0) is 42.7 Å². The Morgan fingerprint density at radius 1 is 1.18 bits per heavy atom. The smallest absolute Gasteiger partial charge is 0.230 e. The van der Waals surface area contributed by atoms with Crippen molar-refractivity contribution in [1.29, 1.82) is 0 Å². The van der Waals surface area contributed by atoms with Crippen LogP contribution in [0.25, 0.3) is 0 Å². The summed E-state index contributed by atoms with van der Waals surface area (Å²) in [6.45, 7) is 4.73. The van der Waals surface area contributed by atoms with Crippen molar-refractivity contribution in [2.75, 3.05) is 19.0 Å². The fourth-order valence-electron chi connectivity index (χ4n) is 3.77. The molecule has 5 nitrogen and oxygen atoms in total. The first-order valence-corrected chi connectivity index (χ1v) is 9.85. The zero-order chi connectivity index (χ0) is 20.1. The Morgan fingerprint density at radius 3 is 2.54 bits per heavy atom. The van der Waals surface area contributed by atoms with Crippen molar-refractivity contribution >= 4 is 17.5 Å². The SMILES string of the molecule is CCCCN1C(=O)CC(C(=O)Nc2ccccc2C)C1c1ccc(OC)cc1. The molecule has 148 valence electrons. The summed E-state index contributed by atoms with van der Waals surface area (Å²) >= 11 is 0. The third-order valence-corrected chi connectivity index (χ3v) is 5.38. The Balaban J connectivity index is 1.89. The molecule has 1 fully saturated rings. The number of carbonyl (C=O) groups excluding carboxylic acids is 2. The largest absolute Gasteiger partial charge is 0.497 e. The number of nitrogens with one attached hydrogen (secondary N) is 1. The van der Waals surface area contributed by atoms with Gasteiger partial charge in [-0.1, -0.05) is 43.7 Å². The maximum absolute atomic E-state index is 13.1. The van der Waals surface area contributed by atoms with Gasteiger partial charge in [-0.15, -0.1) is 0 Å². The van der Waals surface area contributed by atoms with Gasteiger partial charge in [0.1, 0.15) is 5.75 Å². The van der Waals surface area contributed by atoms with Crippen LogP contribution in [-0.2, 0) is 9.59 Å². The van der Waals surface area contributed by atoms with Crippen molar-refractivity contribution in [3.8, 4) is 5.75 Å². The molecule has 1 heterocycles. The van der Waals surface area contributed by atoms with Crippen molar-refractivity contribution < 1.29 is 14.3 Å². The average molecular weight is 380 g/mol. The summed E-state index contributed by atoms with van der Waals surface area (Å²) in [4.78, 5) is 27.7. The molecular weight excluding hydrogens is 352 g/mol. The minimum absolute atomic E-state index is 0.0409. The van der Waals surface area contributed by atoms with E-state index in [9.17, 15) is 9.59 Å². The van der Waals surface area contributed by atoms with E-state index in [0.29, 0.717) is 6.54 Å². The van der Waals surface area contributed by atoms with E-state index < -0.39 is 5.92 Å². The lowest BCUT2D eigenvalue weighted by Crippen LogP contribution is -2.33. The van der Waals surface area contributed by atoms with E-state index in [0.717, 1.165) is 35.4 Å². The number of methoxy groups -OCH3 is 1. The van der Waals surface area contributed by atoms with Crippen LogP contribution in [0.5, 0.6) is 5.75 Å². The number of benzene rings is 2. The molecule has 5 heteroatoms. The third kappa shape index (κ3) is 4.19. The monoisotopic (exact) mass is 380 g/mol.